The van der Waals surface area contributed by atoms with Gasteiger partial charge in [-0.2, -0.15) is 0 Å². The third-order valence-corrected chi connectivity index (χ3v) is 1.52. The summed E-state index contributed by atoms with van der Waals surface area (Å²) in [5.41, 5.74) is 0. The lowest BCUT2D eigenvalue weighted by molar-refractivity contribution is 0.289. The molecule has 1 nitrogen and oxygen atoms in total. The highest BCUT2D eigenvalue weighted by Gasteiger charge is 1.94. The Morgan fingerprint density at radius 1 is 1.88 bits per heavy atom. The summed E-state index contributed by atoms with van der Waals surface area (Å²) in [6, 6.07) is 0. The smallest absolute Gasteiger partial charge is 0.0796 e. The average molecular weight is 197 g/mol. The van der Waals surface area contributed by atoms with Crippen LogP contribution in [0.4, 0.5) is 0 Å². The maximum Gasteiger partial charge on any atom is 0.0796 e. The lowest BCUT2D eigenvalue weighted by atomic mass is 10.3. The lowest BCUT2D eigenvalue weighted by Gasteiger charge is -2.03. The molecule has 0 aromatic heterocycles. The third kappa shape index (κ3) is 3.59. The molecule has 0 saturated carbocycles. The summed E-state index contributed by atoms with van der Waals surface area (Å²) in [6.07, 6.45) is 3.19. The van der Waals surface area contributed by atoms with E-state index in [1.54, 1.807) is 0 Å². The van der Waals surface area contributed by atoms with Crippen LogP contribution in [0.25, 0.3) is 0 Å². The first-order valence-electron chi connectivity index (χ1n) is 2.47. The Labute approximate surface area is 60.9 Å². The van der Waals surface area contributed by atoms with Gasteiger partial charge in [0.15, 0.2) is 0 Å². The molecule has 0 bridgehead atoms. The van der Waals surface area contributed by atoms with Crippen LogP contribution in [0.1, 0.15) is 13.3 Å². The summed E-state index contributed by atoms with van der Waals surface area (Å²) in [5, 5.41) is 0. The normalized spacial score (nSPS) is 14.9. The van der Waals surface area contributed by atoms with E-state index in [1.807, 2.05) is 11.1 Å². The molecular formula is C5H10BrOP. The molecule has 0 fully saturated rings. The van der Waals surface area contributed by atoms with Gasteiger partial charge in [-0.05, 0) is 17.5 Å². The fourth-order valence-electron chi connectivity index (χ4n) is 0.359. The molecule has 0 N–H and O–H groups in total. The highest BCUT2D eigenvalue weighted by Crippen LogP contribution is 2.04. The third-order valence-electron chi connectivity index (χ3n) is 0.865. The molecule has 0 radical (unpaired) electrons. The number of hydrogen-bond acceptors (Lipinski definition) is 1. The monoisotopic (exact) mass is 196 g/mol. The number of halogens is 1. The standard InChI is InChI=1S/C5H10BrOP/c1-2-5(7-8)3-4-6/h3-5H,2,8H2,1H3/b4-3+. The van der Waals surface area contributed by atoms with Crippen molar-refractivity contribution in [3.05, 3.63) is 11.1 Å². The van der Waals surface area contributed by atoms with E-state index in [1.165, 1.54) is 0 Å². The van der Waals surface area contributed by atoms with Gasteiger partial charge in [-0.3, -0.25) is 0 Å². The Morgan fingerprint density at radius 2 is 2.50 bits per heavy atom. The van der Waals surface area contributed by atoms with Crippen molar-refractivity contribution < 1.29 is 4.52 Å². The molecular weight excluding hydrogens is 187 g/mol. The van der Waals surface area contributed by atoms with Gasteiger partial charge in [0.2, 0.25) is 0 Å². The fourth-order valence-corrected chi connectivity index (χ4v) is 0.982. The molecule has 0 aromatic rings. The fraction of sp³-hybridized carbons (Fsp3) is 0.600. The van der Waals surface area contributed by atoms with Crippen LogP contribution in [-0.4, -0.2) is 6.10 Å². The van der Waals surface area contributed by atoms with Crippen molar-refractivity contribution >= 4 is 25.4 Å². The zero-order chi connectivity index (χ0) is 6.41. The molecule has 0 heterocycles. The van der Waals surface area contributed by atoms with Crippen molar-refractivity contribution in [1.82, 2.24) is 0 Å². The second-order valence-corrected chi connectivity index (χ2v) is 2.20. The van der Waals surface area contributed by atoms with E-state index in [0.717, 1.165) is 6.42 Å². The van der Waals surface area contributed by atoms with Crippen molar-refractivity contribution in [1.29, 1.82) is 0 Å². The summed E-state index contributed by atoms with van der Waals surface area (Å²) in [4.78, 5) is 1.81. The van der Waals surface area contributed by atoms with Crippen LogP contribution in [0.15, 0.2) is 11.1 Å². The van der Waals surface area contributed by atoms with Crippen molar-refractivity contribution in [3.8, 4) is 0 Å². The highest BCUT2D eigenvalue weighted by molar-refractivity contribution is 9.11. The minimum absolute atomic E-state index is 0.236. The van der Waals surface area contributed by atoms with Crippen molar-refractivity contribution in [2.45, 2.75) is 19.4 Å². The van der Waals surface area contributed by atoms with Gasteiger partial charge in [0.25, 0.3) is 0 Å². The molecule has 0 aromatic carbocycles. The van der Waals surface area contributed by atoms with E-state index in [-0.39, 0.29) is 6.10 Å². The Balaban J connectivity index is 3.36. The van der Waals surface area contributed by atoms with E-state index in [4.69, 9.17) is 4.52 Å². The predicted octanol–water partition coefficient (Wildman–Crippen LogP) is 2.48. The topological polar surface area (TPSA) is 9.23 Å². The van der Waals surface area contributed by atoms with Crippen LogP contribution >= 0.6 is 25.4 Å². The first-order chi connectivity index (χ1) is 3.85. The summed E-state index contributed by atoms with van der Waals surface area (Å²) in [6.45, 7) is 2.07. The highest BCUT2D eigenvalue weighted by atomic mass is 79.9. The average Bonchev–Trinajstić information content (AvgIpc) is 1.83. The van der Waals surface area contributed by atoms with Gasteiger partial charge >= 0.3 is 0 Å². The Kier molecular flexibility index (Phi) is 6.18. The SMILES string of the molecule is CCC(/C=C/Br)OP. The molecule has 2 unspecified atom stereocenters. The Hall–Kier alpha value is 0.610. The van der Waals surface area contributed by atoms with Crippen molar-refractivity contribution in [2.24, 2.45) is 0 Å². The van der Waals surface area contributed by atoms with Crippen molar-refractivity contribution in [2.75, 3.05) is 0 Å². The van der Waals surface area contributed by atoms with E-state index >= 15 is 0 Å². The zero-order valence-corrected chi connectivity index (χ0v) is 7.54. The quantitative estimate of drug-likeness (QED) is 0.631. The summed E-state index contributed by atoms with van der Waals surface area (Å²) in [5.74, 6) is 0. The Bertz CT molecular complexity index is 70.8. The van der Waals surface area contributed by atoms with Gasteiger partial charge in [0.05, 0.1) is 6.10 Å². The number of hydrogen-bond donors (Lipinski definition) is 0. The Morgan fingerprint density at radius 3 is 2.62 bits per heavy atom. The molecule has 0 spiro atoms. The van der Waals surface area contributed by atoms with E-state index in [9.17, 15) is 0 Å². The summed E-state index contributed by atoms with van der Waals surface area (Å²) < 4.78 is 4.94. The number of rotatable bonds is 3. The lowest BCUT2D eigenvalue weighted by Crippen LogP contribution is -1.98. The van der Waals surface area contributed by atoms with E-state index < -0.39 is 0 Å². The van der Waals surface area contributed by atoms with Gasteiger partial charge in [0.1, 0.15) is 0 Å². The second kappa shape index (κ2) is 5.74. The summed E-state index contributed by atoms with van der Waals surface area (Å²) in [7, 11) is 2.24. The minimum atomic E-state index is 0.236. The maximum absolute atomic E-state index is 4.94. The van der Waals surface area contributed by atoms with Crippen LogP contribution in [0.2, 0.25) is 0 Å². The first kappa shape index (κ1) is 8.61. The molecule has 48 valence electrons. The van der Waals surface area contributed by atoms with Crippen LogP contribution in [0, 0.1) is 0 Å². The van der Waals surface area contributed by atoms with Crippen LogP contribution in [0.3, 0.4) is 0 Å². The van der Waals surface area contributed by atoms with Gasteiger partial charge in [0, 0.05) is 9.47 Å². The van der Waals surface area contributed by atoms with E-state index in [2.05, 4.69) is 32.3 Å². The molecule has 0 aliphatic carbocycles. The first-order valence-corrected chi connectivity index (χ1v) is 3.86. The van der Waals surface area contributed by atoms with Gasteiger partial charge in [-0.25, -0.2) is 0 Å². The van der Waals surface area contributed by atoms with Crippen molar-refractivity contribution in [3.63, 3.8) is 0 Å². The van der Waals surface area contributed by atoms with Gasteiger partial charge in [-0.1, -0.05) is 22.9 Å². The zero-order valence-electron chi connectivity index (χ0n) is 4.80. The molecule has 3 heteroatoms. The minimum Gasteiger partial charge on any atom is -0.358 e. The van der Waals surface area contributed by atoms with Crippen LogP contribution in [-0.2, 0) is 4.52 Å². The molecule has 0 rings (SSSR count). The molecule has 0 aliphatic rings. The molecule has 0 saturated heterocycles. The largest absolute Gasteiger partial charge is 0.358 e. The molecule has 8 heavy (non-hydrogen) atoms. The predicted molar refractivity (Wildman–Crippen MR) is 42.9 cm³/mol. The van der Waals surface area contributed by atoms with E-state index in [0.29, 0.717) is 0 Å². The molecule has 2 atom stereocenters. The molecule has 0 aliphatic heterocycles. The second-order valence-electron chi connectivity index (χ2n) is 1.40. The van der Waals surface area contributed by atoms with Crippen LogP contribution < -0.4 is 0 Å². The van der Waals surface area contributed by atoms with Gasteiger partial charge < -0.3 is 4.52 Å². The van der Waals surface area contributed by atoms with Crippen LogP contribution in [0.5, 0.6) is 0 Å². The molecule has 0 amide bonds. The summed E-state index contributed by atoms with van der Waals surface area (Å²) >= 11 is 3.16. The van der Waals surface area contributed by atoms with Gasteiger partial charge in [-0.15, -0.1) is 0 Å². The maximum atomic E-state index is 4.94.